The largest absolute Gasteiger partial charge is 0.491 e. The second-order valence-corrected chi connectivity index (χ2v) is 11.1. The van der Waals surface area contributed by atoms with Crippen LogP contribution >= 0.6 is 0 Å². The van der Waals surface area contributed by atoms with E-state index in [0.717, 1.165) is 5.56 Å². The normalized spacial score (nSPS) is 16.7. The molecule has 0 saturated carbocycles. The van der Waals surface area contributed by atoms with Crippen molar-refractivity contribution in [3.8, 4) is 5.75 Å². The molecule has 4 N–H and O–H groups in total. The third-order valence-corrected chi connectivity index (χ3v) is 7.61. The van der Waals surface area contributed by atoms with Crippen LogP contribution in [0.3, 0.4) is 0 Å². The predicted molar refractivity (Wildman–Crippen MR) is 167 cm³/mol. The van der Waals surface area contributed by atoms with Crippen molar-refractivity contribution >= 4 is 23.9 Å². The number of nitrogens with zero attached hydrogens (tertiary/aromatic N) is 4. The Morgan fingerprint density at radius 3 is 1.57 bits per heavy atom. The number of hydrogen-bond donors (Lipinski definition) is 4. The quantitative estimate of drug-likeness (QED) is 0.132. The van der Waals surface area contributed by atoms with Gasteiger partial charge in [0.15, 0.2) is 0 Å². The van der Waals surface area contributed by atoms with Crippen molar-refractivity contribution in [1.82, 2.24) is 19.6 Å². The molecule has 0 bridgehead atoms. The van der Waals surface area contributed by atoms with Gasteiger partial charge in [0.2, 0.25) is 0 Å². The summed E-state index contributed by atoms with van der Waals surface area (Å²) < 4.78 is 16.4. The van der Waals surface area contributed by atoms with Crippen molar-refractivity contribution in [2.24, 2.45) is 0 Å². The van der Waals surface area contributed by atoms with Gasteiger partial charge in [0.05, 0.1) is 39.5 Å². The van der Waals surface area contributed by atoms with Crippen LogP contribution in [0.15, 0.2) is 24.3 Å². The zero-order valence-electron chi connectivity index (χ0n) is 27.1. The number of rotatable bonds is 20. The molecule has 0 spiro atoms. The molecular formula is C31H50GdN4O11. The van der Waals surface area contributed by atoms with E-state index in [0.29, 0.717) is 58.0 Å². The first kappa shape index (κ1) is 43.0. The summed E-state index contributed by atoms with van der Waals surface area (Å²) in [5.41, 5.74) is 1.03. The van der Waals surface area contributed by atoms with E-state index in [-0.39, 0.29) is 112 Å². The average Bonchev–Trinajstić information content (AvgIpc) is 2.99. The van der Waals surface area contributed by atoms with E-state index < -0.39 is 29.9 Å². The van der Waals surface area contributed by atoms with Crippen LogP contribution in [0, 0.1) is 39.9 Å². The summed E-state index contributed by atoms with van der Waals surface area (Å²) in [6.07, 6.45) is 1.58. The first-order chi connectivity index (χ1) is 22.1. The summed E-state index contributed by atoms with van der Waals surface area (Å²) in [6.45, 7) is 5.83. The van der Waals surface area contributed by atoms with Crippen molar-refractivity contribution < 1.29 is 93.8 Å². The van der Waals surface area contributed by atoms with Crippen LogP contribution in [0.25, 0.3) is 0 Å². The van der Waals surface area contributed by atoms with Crippen LogP contribution in [0.4, 0.5) is 0 Å². The minimum atomic E-state index is -1.03. The smallest absolute Gasteiger partial charge is 0.320 e. The van der Waals surface area contributed by atoms with E-state index in [1.807, 2.05) is 31.2 Å². The summed E-state index contributed by atoms with van der Waals surface area (Å²) in [4.78, 5) is 53.7. The molecule has 1 unspecified atom stereocenters. The molecule has 1 fully saturated rings. The molecule has 1 aliphatic heterocycles. The molecule has 15 nitrogen and oxygen atoms in total. The summed E-state index contributed by atoms with van der Waals surface area (Å²) in [7, 11) is 0. The molecule has 47 heavy (non-hydrogen) atoms. The SMILES string of the molecule is CCOCCOCCOc1ccc(CCCC(C(=O)O)N2CCN(CC(=O)O)CCN(CC(=O)O)CCN(CC(=O)O)CC2)cc1.[Gd]. The predicted octanol–water partition coefficient (Wildman–Crippen LogP) is 0.370. The fourth-order valence-corrected chi connectivity index (χ4v) is 5.21. The van der Waals surface area contributed by atoms with Crippen LogP contribution < -0.4 is 4.74 Å². The fraction of sp³-hybridized carbons (Fsp3) is 0.677. The van der Waals surface area contributed by atoms with E-state index in [9.17, 15) is 39.6 Å². The Labute approximate surface area is 308 Å². The Bertz CT molecular complexity index is 1030. The third-order valence-electron chi connectivity index (χ3n) is 7.61. The molecule has 2 rings (SSSR count). The van der Waals surface area contributed by atoms with E-state index >= 15 is 0 Å². The first-order valence-corrected chi connectivity index (χ1v) is 15.7. The number of carboxylic acids is 4. The molecule has 1 aromatic rings. The number of carboxylic acid groups (broad SMARTS) is 4. The van der Waals surface area contributed by atoms with E-state index in [1.165, 1.54) is 0 Å². The van der Waals surface area contributed by atoms with E-state index in [2.05, 4.69) is 0 Å². The van der Waals surface area contributed by atoms with E-state index in [4.69, 9.17) is 14.2 Å². The number of ether oxygens (including phenoxy) is 3. The number of benzene rings is 1. The Kier molecular flexibility index (Phi) is 22.9. The second kappa shape index (κ2) is 25.0. The Hall–Kier alpha value is -2.02. The van der Waals surface area contributed by atoms with Crippen molar-refractivity contribution in [2.75, 3.05) is 105 Å². The molecule has 0 aromatic heterocycles. The Morgan fingerprint density at radius 1 is 0.681 bits per heavy atom. The molecular weight excluding hydrogens is 762 g/mol. The monoisotopic (exact) mass is 812 g/mol. The van der Waals surface area contributed by atoms with Gasteiger partial charge in [0, 0.05) is 98.9 Å². The van der Waals surface area contributed by atoms with Crippen molar-refractivity contribution in [3.05, 3.63) is 29.8 Å². The number of carbonyl (C=O) groups is 4. The van der Waals surface area contributed by atoms with Crippen LogP contribution in [0.2, 0.25) is 0 Å². The van der Waals surface area contributed by atoms with Gasteiger partial charge in [0.25, 0.3) is 0 Å². The van der Waals surface area contributed by atoms with Gasteiger partial charge >= 0.3 is 23.9 Å². The van der Waals surface area contributed by atoms with Gasteiger partial charge in [-0.2, -0.15) is 0 Å². The zero-order chi connectivity index (χ0) is 33.7. The summed E-state index contributed by atoms with van der Waals surface area (Å²) in [5.74, 6) is -3.39. The van der Waals surface area contributed by atoms with Gasteiger partial charge in [-0.05, 0) is 43.9 Å². The van der Waals surface area contributed by atoms with Gasteiger partial charge in [-0.1, -0.05) is 12.1 Å². The molecule has 1 heterocycles. The van der Waals surface area contributed by atoms with Crippen molar-refractivity contribution in [1.29, 1.82) is 0 Å². The maximum atomic E-state index is 12.5. The molecule has 1 aliphatic rings. The van der Waals surface area contributed by atoms with Gasteiger partial charge in [0.1, 0.15) is 18.4 Å². The Balaban J connectivity index is 0.0000110. The number of aliphatic carboxylic acids is 4. The van der Waals surface area contributed by atoms with Crippen molar-refractivity contribution in [2.45, 2.75) is 32.2 Å². The topological polar surface area (TPSA) is 190 Å². The maximum absolute atomic E-state index is 12.5. The molecule has 0 radical (unpaired) electrons. The number of aryl methyl sites for hydroxylation is 1. The maximum Gasteiger partial charge on any atom is 0.320 e. The number of hydrogen-bond acceptors (Lipinski definition) is 11. The minimum Gasteiger partial charge on any atom is -0.491 e. The van der Waals surface area contributed by atoms with Crippen LogP contribution in [0.1, 0.15) is 25.3 Å². The van der Waals surface area contributed by atoms with Crippen LogP contribution in [-0.4, -0.2) is 175 Å². The van der Waals surface area contributed by atoms with Crippen LogP contribution in [0.5, 0.6) is 5.75 Å². The van der Waals surface area contributed by atoms with Gasteiger partial charge in [-0.3, -0.25) is 38.8 Å². The molecule has 1 aromatic carbocycles. The van der Waals surface area contributed by atoms with Gasteiger partial charge in [-0.15, -0.1) is 0 Å². The summed E-state index contributed by atoms with van der Waals surface area (Å²) >= 11 is 0. The summed E-state index contributed by atoms with van der Waals surface area (Å²) in [5, 5.41) is 38.4. The molecule has 0 aliphatic carbocycles. The second-order valence-electron chi connectivity index (χ2n) is 11.1. The molecule has 1 saturated heterocycles. The molecule has 268 valence electrons. The third kappa shape index (κ3) is 19.5. The molecule has 1 atom stereocenters. The zero-order valence-corrected chi connectivity index (χ0v) is 29.4. The first-order valence-electron chi connectivity index (χ1n) is 15.7. The average molecular weight is 812 g/mol. The van der Waals surface area contributed by atoms with Gasteiger partial charge in [-0.25, -0.2) is 0 Å². The van der Waals surface area contributed by atoms with Crippen molar-refractivity contribution in [3.63, 3.8) is 0 Å². The fourth-order valence-electron chi connectivity index (χ4n) is 5.21. The van der Waals surface area contributed by atoms with Crippen LogP contribution in [-0.2, 0) is 35.1 Å². The Morgan fingerprint density at radius 2 is 1.13 bits per heavy atom. The molecule has 16 heteroatoms. The standard InChI is InChI=1S/C31H50N4O11.Gd/c1-2-44-18-19-45-20-21-46-26-8-6-25(7-9-26)4-3-5-27(31(42)43)35-16-14-33(23-29(38)39)12-10-32(22-28(36)37)11-13-34(15-17-35)24-30(40)41;/h6-9,27H,2-5,10-24H2,1H3,(H,36,37)(H,38,39)(H,40,41)(H,42,43);. The summed E-state index contributed by atoms with van der Waals surface area (Å²) in [6, 6.07) is 6.77. The van der Waals surface area contributed by atoms with E-state index in [1.54, 1.807) is 19.6 Å². The minimum absolute atomic E-state index is 0. The molecule has 0 amide bonds. The van der Waals surface area contributed by atoms with Gasteiger partial charge < -0.3 is 34.6 Å².